The number of alkyl halides is 1. The van der Waals surface area contributed by atoms with Gasteiger partial charge in [0, 0.05) is 12.4 Å². The summed E-state index contributed by atoms with van der Waals surface area (Å²) in [4.78, 5) is 12.8. The highest BCUT2D eigenvalue weighted by atomic mass is 35.5. The predicted octanol–water partition coefficient (Wildman–Crippen LogP) is 1.22. The number of rotatable bonds is 4. The molecule has 0 radical (unpaired) electrons. The number of nitrogens with zero attached hydrogens (tertiary/aromatic N) is 5. The lowest BCUT2D eigenvalue weighted by atomic mass is 10.4. The van der Waals surface area contributed by atoms with Gasteiger partial charge in [-0.3, -0.25) is 0 Å². The topological polar surface area (TPSA) is 68.8 Å². The van der Waals surface area contributed by atoms with Crippen LogP contribution in [0.25, 0.3) is 17.0 Å². The second kappa shape index (κ2) is 4.99. The van der Waals surface area contributed by atoms with Gasteiger partial charge in [0.25, 0.3) is 0 Å². The van der Waals surface area contributed by atoms with Crippen molar-refractivity contribution in [3.63, 3.8) is 0 Å². The summed E-state index contributed by atoms with van der Waals surface area (Å²) >= 11 is 5.61. The lowest BCUT2D eigenvalue weighted by molar-refractivity contribution is 0.178. The summed E-state index contributed by atoms with van der Waals surface area (Å²) in [6.07, 6.45) is 6.30. The molecule has 1 N–H and O–H groups in total. The Balaban J connectivity index is 2.08. The van der Waals surface area contributed by atoms with Crippen LogP contribution in [0.1, 0.15) is 0 Å². The van der Waals surface area contributed by atoms with Crippen LogP contribution >= 0.6 is 11.6 Å². The van der Waals surface area contributed by atoms with Crippen LogP contribution < -0.4 is 0 Å². The maximum Gasteiger partial charge on any atom is 0.168 e. The van der Waals surface area contributed by atoms with Crippen LogP contribution in [0.3, 0.4) is 0 Å². The first-order chi connectivity index (χ1) is 9.29. The van der Waals surface area contributed by atoms with E-state index in [1.165, 1.54) is 6.33 Å². The van der Waals surface area contributed by atoms with Crippen LogP contribution in [0.5, 0.6) is 0 Å². The monoisotopic (exact) mass is 277 g/mol. The van der Waals surface area contributed by atoms with Gasteiger partial charge in [0.2, 0.25) is 0 Å². The van der Waals surface area contributed by atoms with E-state index < -0.39 is 6.10 Å². The van der Waals surface area contributed by atoms with Crippen molar-refractivity contribution < 1.29 is 5.11 Å². The summed E-state index contributed by atoms with van der Waals surface area (Å²) < 4.78 is 3.65. The first kappa shape index (κ1) is 12.1. The molecule has 7 heteroatoms. The fourth-order valence-electron chi connectivity index (χ4n) is 1.94. The van der Waals surface area contributed by atoms with Crippen LogP contribution in [0.4, 0.5) is 0 Å². The van der Waals surface area contributed by atoms with E-state index in [2.05, 4.69) is 15.0 Å². The van der Waals surface area contributed by atoms with Crippen LogP contribution in [0, 0.1) is 0 Å². The molecule has 0 aromatic carbocycles. The standard InChI is InChI=1S/C12H12ClN5O/c13-5-9(19)6-18-8-16-10-11(14-7-15-12(10)18)17-3-1-2-4-17/h1-4,7-9,19H,5-6H2/t9-/m0/s1. The van der Waals surface area contributed by atoms with Crippen molar-refractivity contribution >= 4 is 22.8 Å². The molecule has 0 aliphatic rings. The van der Waals surface area contributed by atoms with E-state index >= 15 is 0 Å². The predicted molar refractivity (Wildman–Crippen MR) is 71.4 cm³/mol. The van der Waals surface area contributed by atoms with Gasteiger partial charge in [0.05, 0.1) is 24.9 Å². The molecule has 3 aromatic rings. The Labute approximate surface area is 114 Å². The van der Waals surface area contributed by atoms with Crippen LogP contribution in [-0.4, -0.2) is 41.2 Å². The van der Waals surface area contributed by atoms with Crippen LogP contribution in [-0.2, 0) is 6.54 Å². The number of aliphatic hydroxyl groups is 1. The second-order valence-corrected chi connectivity index (χ2v) is 4.47. The molecule has 6 nitrogen and oxygen atoms in total. The Morgan fingerprint density at radius 3 is 2.74 bits per heavy atom. The van der Waals surface area contributed by atoms with Crippen molar-refractivity contribution in [1.82, 2.24) is 24.1 Å². The molecular formula is C12H12ClN5O. The zero-order chi connectivity index (χ0) is 13.2. The Kier molecular flexibility index (Phi) is 3.18. The maximum absolute atomic E-state index is 9.61. The summed E-state index contributed by atoms with van der Waals surface area (Å²) in [7, 11) is 0. The minimum Gasteiger partial charge on any atom is -0.390 e. The van der Waals surface area contributed by atoms with E-state index in [9.17, 15) is 5.11 Å². The van der Waals surface area contributed by atoms with Gasteiger partial charge in [-0.25, -0.2) is 15.0 Å². The molecule has 0 unspecified atom stereocenters. The quantitative estimate of drug-likeness (QED) is 0.728. The number of aromatic nitrogens is 5. The number of hydrogen-bond acceptors (Lipinski definition) is 4. The van der Waals surface area contributed by atoms with E-state index in [1.807, 2.05) is 29.1 Å². The molecule has 0 bridgehead atoms. The zero-order valence-corrected chi connectivity index (χ0v) is 10.8. The van der Waals surface area contributed by atoms with Gasteiger partial charge in [0.1, 0.15) is 6.33 Å². The third kappa shape index (κ3) is 2.20. The number of imidazole rings is 1. The Morgan fingerprint density at radius 2 is 2.00 bits per heavy atom. The van der Waals surface area contributed by atoms with E-state index in [-0.39, 0.29) is 5.88 Å². The van der Waals surface area contributed by atoms with Gasteiger partial charge >= 0.3 is 0 Å². The fourth-order valence-corrected chi connectivity index (χ4v) is 2.04. The smallest absolute Gasteiger partial charge is 0.168 e. The van der Waals surface area contributed by atoms with Crippen LogP contribution in [0.15, 0.2) is 37.2 Å². The highest BCUT2D eigenvalue weighted by molar-refractivity contribution is 6.18. The van der Waals surface area contributed by atoms with Crippen molar-refractivity contribution in [3.05, 3.63) is 37.2 Å². The molecular weight excluding hydrogens is 266 g/mol. The van der Waals surface area contributed by atoms with Crippen LogP contribution in [0.2, 0.25) is 0 Å². The molecule has 0 fully saturated rings. The number of hydrogen-bond donors (Lipinski definition) is 1. The van der Waals surface area contributed by atoms with E-state index in [0.29, 0.717) is 23.5 Å². The van der Waals surface area contributed by atoms with Gasteiger partial charge in [-0.15, -0.1) is 11.6 Å². The van der Waals surface area contributed by atoms with Gasteiger partial charge in [0.15, 0.2) is 17.0 Å². The summed E-state index contributed by atoms with van der Waals surface area (Å²) in [5, 5.41) is 9.61. The van der Waals surface area contributed by atoms with Crippen molar-refractivity contribution in [2.75, 3.05) is 5.88 Å². The Bertz CT molecular complexity index is 679. The third-order valence-corrected chi connectivity index (χ3v) is 3.17. The third-order valence-electron chi connectivity index (χ3n) is 2.82. The first-order valence-corrected chi connectivity index (χ1v) is 6.36. The average Bonchev–Trinajstić information content (AvgIpc) is 3.08. The first-order valence-electron chi connectivity index (χ1n) is 5.83. The zero-order valence-electron chi connectivity index (χ0n) is 10.0. The Hall–Kier alpha value is -1.92. The highest BCUT2D eigenvalue weighted by Crippen LogP contribution is 2.17. The molecule has 98 valence electrons. The lowest BCUT2D eigenvalue weighted by Crippen LogP contribution is -2.17. The van der Waals surface area contributed by atoms with E-state index in [0.717, 1.165) is 0 Å². The fraction of sp³-hybridized carbons (Fsp3) is 0.250. The molecule has 3 heterocycles. The molecule has 19 heavy (non-hydrogen) atoms. The van der Waals surface area contributed by atoms with Crippen molar-refractivity contribution in [2.24, 2.45) is 0 Å². The normalized spacial score (nSPS) is 12.9. The molecule has 0 aliphatic carbocycles. The van der Waals surface area contributed by atoms with Gasteiger partial charge in [-0.05, 0) is 12.1 Å². The SMILES string of the molecule is O[C@@H](CCl)Cn1cnc2c(-n3cccc3)ncnc21. The van der Waals surface area contributed by atoms with Gasteiger partial charge in [-0.1, -0.05) is 0 Å². The number of halogens is 1. The minimum absolute atomic E-state index is 0.176. The molecule has 1 atom stereocenters. The van der Waals surface area contributed by atoms with Gasteiger partial charge < -0.3 is 14.2 Å². The van der Waals surface area contributed by atoms with E-state index in [4.69, 9.17) is 11.6 Å². The summed E-state index contributed by atoms with van der Waals surface area (Å²) in [5.74, 6) is 0.893. The molecule has 3 rings (SSSR count). The number of fused-ring (bicyclic) bond motifs is 1. The summed E-state index contributed by atoms with van der Waals surface area (Å²) in [6, 6.07) is 3.84. The van der Waals surface area contributed by atoms with E-state index in [1.54, 1.807) is 10.9 Å². The molecule has 0 amide bonds. The average molecular weight is 278 g/mol. The summed E-state index contributed by atoms with van der Waals surface area (Å²) in [5.41, 5.74) is 1.38. The number of aliphatic hydroxyl groups excluding tert-OH is 1. The van der Waals surface area contributed by atoms with Gasteiger partial charge in [-0.2, -0.15) is 0 Å². The second-order valence-electron chi connectivity index (χ2n) is 4.16. The molecule has 0 aliphatic heterocycles. The molecule has 3 aromatic heterocycles. The van der Waals surface area contributed by atoms with Crippen molar-refractivity contribution in [1.29, 1.82) is 0 Å². The lowest BCUT2D eigenvalue weighted by Gasteiger charge is -2.08. The highest BCUT2D eigenvalue weighted by Gasteiger charge is 2.13. The van der Waals surface area contributed by atoms with Crippen molar-refractivity contribution in [2.45, 2.75) is 12.6 Å². The maximum atomic E-state index is 9.61. The molecule has 0 spiro atoms. The molecule has 0 saturated heterocycles. The summed E-state index contributed by atoms with van der Waals surface area (Å²) in [6.45, 7) is 0.363. The minimum atomic E-state index is -0.621. The van der Waals surface area contributed by atoms with Crippen molar-refractivity contribution in [3.8, 4) is 5.82 Å². The Morgan fingerprint density at radius 1 is 1.21 bits per heavy atom. The molecule has 0 saturated carbocycles. The largest absolute Gasteiger partial charge is 0.390 e.